The smallest absolute Gasteiger partial charge is 0.337 e. The number of rotatable bonds is 8. The van der Waals surface area contributed by atoms with Gasteiger partial charge in [0.15, 0.2) is 0 Å². The molecule has 0 bridgehead atoms. The van der Waals surface area contributed by atoms with Crippen molar-refractivity contribution in [2.45, 2.75) is 0 Å². The van der Waals surface area contributed by atoms with Crippen LogP contribution in [0.15, 0.2) is 72.9 Å². The van der Waals surface area contributed by atoms with E-state index in [2.05, 4.69) is 15.6 Å². The van der Waals surface area contributed by atoms with Gasteiger partial charge < -0.3 is 30.2 Å². The van der Waals surface area contributed by atoms with Gasteiger partial charge in [-0.3, -0.25) is 9.59 Å². The van der Waals surface area contributed by atoms with Gasteiger partial charge in [0.05, 0.1) is 29.6 Å². The number of nitrogens with one attached hydrogen (secondary N) is 3. The summed E-state index contributed by atoms with van der Waals surface area (Å²) in [6.45, 7) is 1.39. The molecule has 0 aliphatic carbocycles. The van der Waals surface area contributed by atoms with Crippen molar-refractivity contribution in [1.82, 2.24) is 14.8 Å². The van der Waals surface area contributed by atoms with Gasteiger partial charge in [0.1, 0.15) is 0 Å². The summed E-state index contributed by atoms with van der Waals surface area (Å²) in [5, 5.41) is 7.32. The van der Waals surface area contributed by atoms with E-state index in [1.54, 1.807) is 42.3 Å². The van der Waals surface area contributed by atoms with Gasteiger partial charge in [0, 0.05) is 54.1 Å². The van der Waals surface area contributed by atoms with E-state index in [9.17, 15) is 14.4 Å². The number of fused-ring (bicyclic) bond motifs is 2. The van der Waals surface area contributed by atoms with Gasteiger partial charge >= 0.3 is 5.97 Å². The lowest BCUT2D eigenvalue weighted by Crippen LogP contribution is -2.33. The molecule has 0 unspecified atom stereocenters. The molecule has 0 saturated carbocycles. The van der Waals surface area contributed by atoms with E-state index in [1.165, 1.54) is 7.11 Å². The van der Waals surface area contributed by atoms with Gasteiger partial charge in [-0.15, -0.1) is 0 Å². The zero-order valence-electron chi connectivity index (χ0n) is 22.9. The number of carbonyl (C=O) groups is 3. The summed E-state index contributed by atoms with van der Waals surface area (Å²) in [5.41, 5.74) is 5.69. The lowest BCUT2D eigenvalue weighted by molar-refractivity contribution is -0.110. The van der Waals surface area contributed by atoms with Gasteiger partial charge in [-0.25, -0.2) is 4.79 Å². The fourth-order valence-corrected chi connectivity index (χ4v) is 4.67. The summed E-state index contributed by atoms with van der Waals surface area (Å²) in [4.78, 5) is 45.2. The standard InChI is InChI=1S/C31H31N5O4/c1-35(2)15-16-36(3)30(38)19-5-9-23(10-6-19)33-28(21-8-12-25-20(17-21)13-14-32-25)27-24-11-7-22(31(39)40-4)18-26(24)34-29(27)37/h5-14,17-18,32-33H,15-16H2,1-4H3,(H,34,37). The van der Waals surface area contributed by atoms with E-state index in [0.29, 0.717) is 40.2 Å². The van der Waals surface area contributed by atoms with Crippen molar-refractivity contribution >= 4 is 51.3 Å². The molecule has 4 aromatic rings. The van der Waals surface area contributed by atoms with Crippen molar-refractivity contribution in [2.24, 2.45) is 0 Å². The van der Waals surface area contributed by atoms with Crippen LogP contribution in [0.2, 0.25) is 0 Å². The highest BCUT2D eigenvalue weighted by molar-refractivity contribution is 6.37. The van der Waals surface area contributed by atoms with Crippen molar-refractivity contribution < 1.29 is 19.1 Å². The third-order valence-electron chi connectivity index (χ3n) is 6.91. The van der Waals surface area contributed by atoms with Crippen molar-refractivity contribution in [3.8, 4) is 0 Å². The Bertz CT molecular complexity index is 1640. The molecule has 2 heterocycles. The van der Waals surface area contributed by atoms with Gasteiger partial charge in [-0.1, -0.05) is 12.1 Å². The third kappa shape index (κ3) is 5.32. The molecular weight excluding hydrogens is 506 g/mol. The molecule has 3 N–H and O–H groups in total. The first-order valence-corrected chi connectivity index (χ1v) is 12.9. The monoisotopic (exact) mass is 537 g/mol. The van der Waals surface area contributed by atoms with Crippen LogP contribution in [0.3, 0.4) is 0 Å². The van der Waals surface area contributed by atoms with Gasteiger partial charge in [-0.05, 0) is 74.3 Å². The van der Waals surface area contributed by atoms with Crippen molar-refractivity contribution in [3.05, 3.63) is 95.2 Å². The summed E-state index contributed by atoms with van der Waals surface area (Å²) in [6, 6.07) is 20.1. The van der Waals surface area contributed by atoms with Crippen LogP contribution in [0, 0.1) is 0 Å². The Morgan fingerprint density at radius 2 is 1.60 bits per heavy atom. The number of esters is 1. The first-order chi connectivity index (χ1) is 19.2. The SMILES string of the molecule is COC(=O)c1ccc2c(c1)NC(=O)C2=C(Nc1ccc(C(=O)N(C)CCN(C)C)cc1)c1ccc2[nH]ccc2c1. The average molecular weight is 538 g/mol. The van der Waals surface area contributed by atoms with Crippen molar-refractivity contribution in [2.75, 3.05) is 52.0 Å². The van der Waals surface area contributed by atoms with Gasteiger partial charge in [-0.2, -0.15) is 0 Å². The Morgan fingerprint density at radius 1 is 0.875 bits per heavy atom. The van der Waals surface area contributed by atoms with E-state index in [0.717, 1.165) is 28.7 Å². The van der Waals surface area contributed by atoms with E-state index in [-0.39, 0.29) is 11.8 Å². The van der Waals surface area contributed by atoms with Crippen LogP contribution < -0.4 is 10.6 Å². The molecule has 40 heavy (non-hydrogen) atoms. The second-order valence-electron chi connectivity index (χ2n) is 9.97. The Labute approximate surface area is 232 Å². The van der Waals surface area contributed by atoms with Crippen LogP contribution in [0.25, 0.3) is 22.2 Å². The summed E-state index contributed by atoms with van der Waals surface area (Å²) in [6.07, 6.45) is 1.87. The Hall–Kier alpha value is -4.89. The van der Waals surface area contributed by atoms with Crippen molar-refractivity contribution in [3.63, 3.8) is 0 Å². The molecule has 0 spiro atoms. The number of amides is 2. The highest BCUT2D eigenvalue weighted by atomic mass is 16.5. The minimum Gasteiger partial charge on any atom is -0.465 e. The fraction of sp³-hybridized carbons (Fsp3) is 0.194. The average Bonchev–Trinajstić information content (AvgIpc) is 3.56. The molecule has 1 aliphatic heterocycles. The number of ether oxygens (including phenoxy) is 1. The van der Waals surface area contributed by atoms with Crippen LogP contribution in [-0.2, 0) is 9.53 Å². The topological polar surface area (TPSA) is 107 Å². The first-order valence-electron chi connectivity index (χ1n) is 12.9. The molecule has 0 atom stereocenters. The Morgan fingerprint density at radius 3 is 2.33 bits per heavy atom. The number of anilines is 2. The maximum Gasteiger partial charge on any atom is 0.337 e. The first kappa shape index (κ1) is 26.7. The molecule has 5 rings (SSSR count). The lowest BCUT2D eigenvalue weighted by atomic mass is 9.98. The van der Waals surface area contributed by atoms with Crippen LogP contribution in [0.5, 0.6) is 0 Å². The van der Waals surface area contributed by atoms with Crippen LogP contribution in [-0.4, -0.2) is 73.9 Å². The normalized spacial score (nSPS) is 13.7. The number of methoxy groups -OCH3 is 1. The highest BCUT2D eigenvalue weighted by Crippen LogP contribution is 2.38. The number of likely N-dealkylation sites (N-methyl/N-ethyl adjacent to an activating group) is 2. The molecule has 9 heteroatoms. The molecule has 1 aliphatic rings. The van der Waals surface area contributed by atoms with E-state index in [1.807, 2.05) is 61.6 Å². The number of hydrogen-bond acceptors (Lipinski definition) is 6. The summed E-state index contributed by atoms with van der Waals surface area (Å²) >= 11 is 0. The van der Waals surface area contributed by atoms with Crippen molar-refractivity contribution in [1.29, 1.82) is 0 Å². The highest BCUT2D eigenvalue weighted by Gasteiger charge is 2.29. The zero-order chi connectivity index (χ0) is 28.4. The van der Waals surface area contributed by atoms with Gasteiger partial charge in [0.2, 0.25) is 0 Å². The minimum atomic E-state index is -0.479. The Kier molecular flexibility index (Phi) is 7.39. The molecule has 204 valence electrons. The molecule has 0 fully saturated rings. The largest absolute Gasteiger partial charge is 0.465 e. The number of H-pyrrole nitrogens is 1. The summed E-state index contributed by atoms with van der Waals surface area (Å²) < 4.78 is 4.84. The maximum atomic E-state index is 13.3. The van der Waals surface area contributed by atoms with Gasteiger partial charge in [0.25, 0.3) is 11.8 Å². The molecule has 2 amide bonds. The predicted molar refractivity (Wildman–Crippen MR) is 157 cm³/mol. The number of benzene rings is 3. The quantitative estimate of drug-likeness (QED) is 0.225. The Balaban J connectivity index is 1.53. The number of hydrogen-bond donors (Lipinski definition) is 3. The van der Waals surface area contributed by atoms with Crippen LogP contribution in [0.4, 0.5) is 11.4 Å². The second-order valence-corrected chi connectivity index (χ2v) is 9.97. The maximum absolute atomic E-state index is 13.3. The zero-order valence-corrected chi connectivity index (χ0v) is 22.9. The van der Waals surface area contributed by atoms with Crippen LogP contribution in [0.1, 0.15) is 31.8 Å². The fourth-order valence-electron chi connectivity index (χ4n) is 4.67. The van der Waals surface area contributed by atoms with E-state index in [4.69, 9.17) is 4.74 Å². The third-order valence-corrected chi connectivity index (χ3v) is 6.91. The second kappa shape index (κ2) is 11.1. The molecule has 9 nitrogen and oxygen atoms in total. The number of aromatic amines is 1. The summed E-state index contributed by atoms with van der Waals surface area (Å²) in [5.74, 6) is -0.828. The summed E-state index contributed by atoms with van der Waals surface area (Å²) in [7, 11) is 7.05. The van der Waals surface area contributed by atoms with E-state index < -0.39 is 5.97 Å². The number of nitrogens with zero attached hydrogens (tertiary/aromatic N) is 2. The molecule has 0 radical (unpaired) electrons. The molecule has 3 aromatic carbocycles. The van der Waals surface area contributed by atoms with Crippen LogP contribution >= 0.6 is 0 Å². The number of aromatic nitrogens is 1. The predicted octanol–water partition coefficient (Wildman–Crippen LogP) is 4.52. The lowest BCUT2D eigenvalue weighted by Gasteiger charge is -2.20. The molecular formula is C31H31N5O4. The molecule has 1 aromatic heterocycles. The van der Waals surface area contributed by atoms with E-state index >= 15 is 0 Å². The number of carbonyl (C=O) groups excluding carboxylic acids is 3. The minimum absolute atomic E-state index is 0.0598. The molecule has 0 saturated heterocycles.